The maximum atomic E-state index is 11.1. The summed E-state index contributed by atoms with van der Waals surface area (Å²) in [5, 5.41) is 8.13. The van der Waals surface area contributed by atoms with E-state index < -0.39 is 0 Å². The van der Waals surface area contributed by atoms with Crippen LogP contribution in [0.3, 0.4) is 0 Å². The van der Waals surface area contributed by atoms with Gasteiger partial charge in [0.1, 0.15) is 6.54 Å². The normalized spacial score (nSPS) is 15.0. The van der Waals surface area contributed by atoms with Crippen LogP contribution in [0.1, 0.15) is 0 Å². The van der Waals surface area contributed by atoms with E-state index in [2.05, 4.69) is 17.2 Å². The molecule has 3 heteroatoms. The number of ketones is 1. The Balaban J connectivity index is 2.05. The van der Waals surface area contributed by atoms with Crippen LogP contribution in [0.5, 0.6) is 0 Å². The van der Waals surface area contributed by atoms with Crippen molar-refractivity contribution in [3.05, 3.63) is 42.5 Å². The summed E-state index contributed by atoms with van der Waals surface area (Å²) in [4.78, 5) is 11.1. The van der Waals surface area contributed by atoms with E-state index in [0.717, 1.165) is 11.1 Å². The van der Waals surface area contributed by atoms with Crippen molar-refractivity contribution in [1.29, 1.82) is 0 Å². The quantitative estimate of drug-likeness (QED) is 0.723. The molecule has 1 aliphatic rings. The van der Waals surface area contributed by atoms with Crippen LogP contribution < -0.4 is 5.01 Å². The highest BCUT2D eigenvalue weighted by Gasteiger charge is 2.15. The first kappa shape index (κ1) is 9.09. The lowest BCUT2D eigenvalue weighted by Crippen LogP contribution is -2.16. The largest absolute Gasteiger partial charge is 0.291 e. The Morgan fingerprint density at radius 3 is 2.62 bits per heavy atom. The number of carbonyl (C=O) groups is 1. The van der Waals surface area contributed by atoms with Crippen LogP contribution in [0.2, 0.25) is 0 Å². The molecule has 0 fully saturated rings. The van der Waals surface area contributed by atoms with Gasteiger partial charge in [0.15, 0.2) is 5.78 Å². The average Bonchev–Trinajstić information content (AvgIpc) is 2.75. The standard InChI is InChI=1S/C13H10N2O/c16-13-8-14-15(9-13)12-6-5-10-3-1-2-4-11(10)7-12/h1-8H,9H2. The van der Waals surface area contributed by atoms with Crippen molar-refractivity contribution in [3.8, 4) is 0 Å². The number of hydrogen-bond acceptors (Lipinski definition) is 3. The van der Waals surface area contributed by atoms with Crippen LogP contribution >= 0.6 is 0 Å². The van der Waals surface area contributed by atoms with Crippen molar-refractivity contribution in [1.82, 2.24) is 0 Å². The number of hydrazone groups is 1. The van der Waals surface area contributed by atoms with E-state index in [9.17, 15) is 4.79 Å². The van der Waals surface area contributed by atoms with E-state index in [1.165, 1.54) is 11.6 Å². The minimum atomic E-state index is 0.0492. The fraction of sp³-hybridized carbons (Fsp3) is 0.0769. The predicted octanol–water partition coefficient (Wildman–Crippen LogP) is 2.21. The Morgan fingerprint density at radius 2 is 1.88 bits per heavy atom. The molecule has 2 aromatic rings. The third-order valence-corrected chi connectivity index (χ3v) is 2.68. The molecule has 78 valence electrons. The summed E-state index contributed by atoms with van der Waals surface area (Å²) in [5.41, 5.74) is 0.959. The molecule has 0 saturated carbocycles. The van der Waals surface area contributed by atoms with Gasteiger partial charge < -0.3 is 0 Å². The second-order valence-corrected chi connectivity index (χ2v) is 3.80. The van der Waals surface area contributed by atoms with Crippen molar-refractivity contribution < 1.29 is 4.79 Å². The Labute approximate surface area is 93.0 Å². The second-order valence-electron chi connectivity index (χ2n) is 3.80. The molecule has 0 atom stereocenters. The predicted molar refractivity (Wildman–Crippen MR) is 64.8 cm³/mol. The minimum absolute atomic E-state index is 0.0492. The van der Waals surface area contributed by atoms with Crippen molar-refractivity contribution in [3.63, 3.8) is 0 Å². The van der Waals surface area contributed by atoms with Crippen LogP contribution in [0.25, 0.3) is 10.8 Å². The van der Waals surface area contributed by atoms with Crippen LogP contribution in [-0.2, 0) is 4.79 Å². The summed E-state index contributed by atoms with van der Waals surface area (Å²) < 4.78 is 0. The molecule has 0 radical (unpaired) electrons. The molecule has 2 aromatic carbocycles. The molecule has 16 heavy (non-hydrogen) atoms. The van der Waals surface area contributed by atoms with Crippen LogP contribution in [0.4, 0.5) is 5.69 Å². The first-order valence-corrected chi connectivity index (χ1v) is 5.16. The molecule has 0 saturated heterocycles. The highest BCUT2D eigenvalue weighted by atomic mass is 16.1. The molecule has 0 N–H and O–H groups in total. The van der Waals surface area contributed by atoms with Gasteiger partial charge in [-0.1, -0.05) is 30.3 Å². The summed E-state index contributed by atoms with van der Waals surface area (Å²) in [6.45, 7) is 0.346. The number of hydrogen-bond donors (Lipinski definition) is 0. The number of carbonyl (C=O) groups excluding carboxylic acids is 1. The van der Waals surface area contributed by atoms with E-state index in [4.69, 9.17) is 0 Å². The summed E-state index contributed by atoms with van der Waals surface area (Å²) in [6.07, 6.45) is 1.37. The highest BCUT2D eigenvalue weighted by molar-refractivity contribution is 6.31. The fourth-order valence-electron chi connectivity index (χ4n) is 1.86. The molecule has 3 rings (SSSR count). The summed E-state index contributed by atoms with van der Waals surface area (Å²) in [7, 11) is 0. The SMILES string of the molecule is O=C1C=NN(c2ccc3ccccc3c2)C1. The maximum absolute atomic E-state index is 11.1. The lowest BCUT2D eigenvalue weighted by molar-refractivity contribution is -0.110. The topological polar surface area (TPSA) is 32.7 Å². The first-order chi connectivity index (χ1) is 7.83. The zero-order valence-corrected chi connectivity index (χ0v) is 8.63. The second kappa shape index (κ2) is 3.45. The molecule has 0 aromatic heterocycles. The van der Waals surface area contributed by atoms with Gasteiger partial charge in [-0.3, -0.25) is 9.80 Å². The van der Waals surface area contributed by atoms with E-state index in [1.54, 1.807) is 5.01 Å². The van der Waals surface area contributed by atoms with Gasteiger partial charge >= 0.3 is 0 Å². The maximum Gasteiger partial charge on any atom is 0.197 e. The molecular formula is C13H10N2O. The molecule has 0 bridgehead atoms. The molecule has 3 nitrogen and oxygen atoms in total. The Bertz CT molecular complexity index is 589. The Morgan fingerprint density at radius 1 is 1.06 bits per heavy atom. The van der Waals surface area contributed by atoms with Crippen LogP contribution in [-0.4, -0.2) is 18.5 Å². The van der Waals surface area contributed by atoms with Crippen molar-refractivity contribution >= 4 is 28.5 Å². The summed E-state index contributed by atoms with van der Waals surface area (Å²) in [5.74, 6) is 0.0492. The monoisotopic (exact) mass is 210 g/mol. The minimum Gasteiger partial charge on any atom is -0.291 e. The Kier molecular flexibility index (Phi) is 1.96. The van der Waals surface area contributed by atoms with Gasteiger partial charge in [-0.2, -0.15) is 5.10 Å². The zero-order chi connectivity index (χ0) is 11.0. The van der Waals surface area contributed by atoms with Gasteiger partial charge in [0.2, 0.25) is 0 Å². The van der Waals surface area contributed by atoms with E-state index in [1.807, 2.05) is 30.3 Å². The fourth-order valence-corrected chi connectivity index (χ4v) is 1.86. The summed E-state index contributed by atoms with van der Waals surface area (Å²) >= 11 is 0. The highest BCUT2D eigenvalue weighted by Crippen LogP contribution is 2.23. The molecule has 0 aliphatic carbocycles. The van der Waals surface area contributed by atoms with Gasteiger partial charge in [0.05, 0.1) is 11.9 Å². The summed E-state index contributed by atoms with van der Waals surface area (Å²) in [6, 6.07) is 14.2. The van der Waals surface area contributed by atoms with Gasteiger partial charge in [0, 0.05) is 0 Å². The van der Waals surface area contributed by atoms with E-state index in [-0.39, 0.29) is 5.78 Å². The first-order valence-electron chi connectivity index (χ1n) is 5.16. The van der Waals surface area contributed by atoms with Gasteiger partial charge in [-0.25, -0.2) is 0 Å². The number of anilines is 1. The molecule has 0 amide bonds. The lowest BCUT2D eigenvalue weighted by Gasteiger charge is -2.13. The molecular weight excluding hydrogens is 200 g/mol. The van der Waals surface area contributed by atoms with Gasteiger partial charge in [-0.05, 0) is 22.9 Å². The lowest BCUT2D eigenvalue weighted by atomic mass is 10.1. The average molecular weight is 210 g/mol. The van der Waals surface area contributed by atoms with Gasteiger partial charge in [0.25, 0.3) is 0 Å². The van der Waals surface area contributed by atoms with Crippen molar-refractivity contribution in [2.75, 3.05) is 11.6 Å². The van der Waals surface area contributed by atoms with E-state index >= 15 is 0 Å². The number of fused-ring (bicyclic) bond motifs is 1. The number of rotatable bonds is 1. The number of benzene rings is 2. The molecule has 1 heterocycles. The third-order valence-electron chi connectivity index (χ3n) is 2.68. The van der Waals surface area contributed by atoms with E-state index in [0.29, 0.717) is 6.54 Å². The van der Waals surface area contributed by atoms with Gasteiger partial charge in [-0.15, -0.1) is 0 Å². The number of nitrogens with zero attached hydrogens (tertiary/aromatic N) is 2. The molecule has 0 spiro atoms. The Hall–Kier alpha value is -2.16. The molecule has 0 unspecified atom stereocenters. The van der Waals surface area contributed by atoms with Crippen LogP contribution in [0.15, 0.2) is 47.6 Å². The zero-order valence-electron chi connectivity index (χ0n) is 8.63. The molecule has 1 aliphatic heterocycles. The van der Waals surface area contributed by atoms with Crippen molar-refractivity contribution in [2.24, 2.45) is 5.10 Å². The van der Waals surface area contributed by atoms with Crippen LogP contribution in [0, 0.1) is 0 Å². The number of Topliss-reactive ketones (excluding diaryl/α,β-unsaturated/α-hetero) is 1. The third kappa shape index (κ3) is 1.46. The smallest absolute Gasteiger partial charge is 0.197 e. The van der Waals surface area contributed by atoms with Crippen molar-refractivity contribution in [2.45, 2.75) is 0 Å².